The number of halogens is 5. The van der Waals surface area contributed by atoms with E-state index in [1.54, 1.807) is 36.4 Å². The average molecular weight is 494 g/mol. The Morgan fingerprint density at radius 3 is 2.30 bits per heavy atom. The van der Waals surface area contributed by atoms with Gasteiger partial charge in [-0.3, -0.25) is 4.79 Å². The summed E-state index contributed by atoms with van der Waals surface area (Å²) in [5.41, 5.74) is 0.174. The lowest BCUT2D eigenvalue weighted by molar-refractivity contribution is -0.147. The van der Waals surface area contributed by atoms with Gasteiger partial charge in [0.05, 0.1) is 33.4 Å². The summed E-state index contributed by atoms with van der Waals surface area (Å²) in [6.07, 6.45) is -4.73. The highest BCUT2D eigenvalue weighted by Crippen LogP contribution is 2.34. The Morgan fingerprint density at radius 1 is 0.970 bits per heavy atom. The highest BCUT2D eigenvalue weighted by atomic mass is 35.5. The standard InChI is InChI=1S/C23H16Cl2F3N3O2/c24-16-9-5-10-17(25)20(16)29-21(32)15-8-4-11-18-19(15)30-22(23(26,27)28)31(18)12-13-33-14-6-2-1-3-7-14/h1-11H,12-13H2,(H,29,32). The van der Waals surface area contributed by atoms with E-state index < -0.39 is 17.9 Å². The van der Waals surface area contributed by atoms with Gasteiger partial charge in [0.1, 0.15) is 17.9 Å². The van der Waals surface area contributed by atoms with Gasteiger partial charge in [-0.05, 0) is 36.4 Å². The number of hydrogen-bond donors (Lipinski definition) is 1. The van der Waals surface area contributed by atoms with Crippen molar-refractivity contribution in [2.75, 3.05) is 11.9 Å². The molecule has 0 radical (unpaired) electrons. The molecule has 1 heterocycles. The Morgan fingerprint density at radius 2 is 1.64 bits per heavy atom. The summed E-state index contributed by atoms with van der Waals surface area (Å²) in [4.78, 5) is 16.7. The van der Waals surface area contributed by atoms with Crippen molar-refractivity contribution in [2.24, 2.45) is 0 Å². The van der Waals surface area contributed by atoms with Gasteiger partial charge in [-0.15, -0.1) is 0 Å². The molecule has 0 atom stereocenters. The van der Waals surface area contributed by atoms with Crippen molar-refractivity contribution in [1.82, 2.24) is 9.55 Å². The van der Waals surface area contributed by atoms with Gasteiger partial charge in [0.15, 0.2) is 0 Å². The number of imidazole rings is 1. The SMILES string of the molecule is O=C(Nc1c(Cl)cccc1Cl)c1cccc2c1nc(C(F)(F)F)n2CCOc1ccccc1. The Balaban J connectivity index is 1.69. The van der Waals surface area contributed by atoms with E-state index in [4.69, 9.17) is 27.9 Å². The van der Waals surface area contributed by atoms with Crippen LogP contribution in [0.5, 0.6) is 5.75 Å². The molecule has 1 amide bonds. The number of nitrogens with one attached hydrogen (secondary N) is 1. The molecule has 0 aliphatic carbocycles. The van der Waals surface area contributed by atoms with Gasteiger partial charge in [0.2, 0.25) is 5.82 Å². The fourth-order valence-corrected chi connectivity index (χ4v) is 3.83. The third-order valence-electron chi connectivity index (χ3n) is 4.81. The van der Waals surface area contributed by atoms with Gasteiger partial charge in [-0.1, -0.05) is 53.5 Å². The van der Waals surface area contributed by atoms with E-state index in [1.807, 2.05) is 0 Å². The van der Waals surface area contributed by atoms with E-state index in [1.165, 1.54) is 30.3 Å². The lowest BCUT2D eigenvalue weighted by Crippen LogP contribution is -2.18. The molecule has 10 heteroatoms. The van der Waals surface area contributed by atoms with Gasteiger partial charge in [0.25, 0.3) is 5.91 Å². The van der Waals surface area contributed by atoms with Gasteiger partial charge < -0.3 is 14.6 Å². The van der Waals surface area contributed by atoms with Gasteiger partial charge >= 0.3 is 6.18 Å². The number of para-hydroxylation sites is 3. The van der Waals surface area contributed by atoms with E-state index in [-0.39, 0.29) is 45.5 Å². The molecule has 5 nitrogen and oxygen atoms in total. The summed E-state index contributed by atoms with van der Waals surface area (Å²) in [5, 5.41) is 2.95. The number of ether oxygens (including phenoxy) is 1. The molecule has 0 saturated heterocycles. The van der Waals surface area contributed by atoms with Crippen molar-refractivity contribution in [3.8, 4) is 5.75 Å². The molecule has 0 fully saturated rings. The number of amides is 1. The molecule has 33 heavy (non-hydrogen) atoms. The molecule has 0 bridgehead atoms. The molecule has 3 aromatic carbocycles. The molecule has 4 aromatic rings. The maximum absolute atomic E-state index is 13.8. The van der Waals surface area contributed by atoms with Gasteiger partial charge in [-0.25, -0.2) is 4.98 Å². The van der Waals surface area contributed by atoms with Crippen molar-refractivity contribution >= 4 is 45.8 Å². The Hall–Kier alpha value is -3.23. The quantitative estimate of drug-likeness (QED) is 0.325. The van der Waals surface area contributed by atoms with Crippen LogP contribution in [-0.4, -0.2) is 22.1 Å². The summed E-state index contributed by atoms with van der Waals surface area (Å²) in [5.74, 6) is -1.27. The predicted octanol–water partition coefficient (Wildman–Crippen LogP) is 6.69. The third kappa shape index (κ3) is 4.91. The second-order valence-electron chi connectivity index (χ2n) is 6.97. The van der Waals surface area contributed by atoms with E-state index in [0.29, 0.717) is 5.75 Å². The number of alkyl halides is 3. The lowest BCUT2D eigenvalue weighted by atomic mass is 10.1. The molecular weight excluding hydrogens is 478 g/mol. The zero-order chi connectivity index (χ0) is 23.6. The Kier molecular flexibility index (Phi) is 6.49. The number of nitrogens with zero attached hydrogens (tertiary/aromatic N) is 2. The number of carbonyl (C=O) groups is 1. The smallest absolute Gasteiger partial charge is 0.449 e. The first-order valence-corrected chi connectivity index (χ1v) is 10.5. The fourth-order valence-electron chi connectivity index (χ4n) is 3.34. The minimum Gasteiger partial charge on any atom is -0.492 e. The Bertz CT molecular complexity index is 1290. The molecule has 1 aromatic heterocycles. The maximum atomic E-state index is 13.8. The Labute approximate surface area is 196 Å². The number of rotatable bonds is 6. The van der Waals surface area contributed by atoms with Crippen molar-refractivity contribution < 1.29 is 22.7 Å². The van der Waals surface area contributed by atoms with Crippen LogP contribution in [0, 0.1) is 0 Å². The van der Waals surface area contributed by atoms with Crippen molar-refractivity contribution in [2.45, 2.75) is 12.7 Å². The second-order valence-corrected chi connectivity index (χ2v) is 7.78. The number of aromatic nitrogens is 2. The summed E-state index contributed by atoms with van der Waals surface area (Å²) in [6.45, 7) is -0.147. The van der Waals surface area contributed by atoms with Crippen molar-refractivity contribution in [3.05, 3.63) is 88.2 Å². The van der Waals surface area contributed by atoms with Crippen LogP contribution in [-0.2, 0) is 12.7 Å². The molecule has 0 saturated carbocycles. The topological polar surface area (TPSA) is 56.2 Å². The van der Waals surface area contributed by atoms with Crippen LogP contribution in [0.1, 0.15) is 16.2 Å². The minimum atomic E-state index is -4.73. The molecular formula is C23H16Cl2F3N3O2. The number of hydrogen-bond acceptors (Lipinski definition) is 3. The fraction of sp³-hybridized carbons (Fsp3) is 0.130. The number of anilines is 1. The summed E-state index contributed by atoms with van der Waals surface area (Å²) in [6, 6.07) is 17.8. The lowest BCUT2D eigenvalue weighted by Gasteiger charge is -2.12. The van der Waals surface area contributed by atoms with Crippen LogP contribution in [0.25, 0.3) is 11.0 Å². The van der Waals surface area contributed by atoms with Crippen LogP contribution in [0.15, 0.2) is 66.7 Å². The minimum absolute atomic E-state index is 0.0236. The average Bonchev–Trinajstić information content (AvgIpc) is 3.16. The first kappa shape index (κ1) is 22.9. The molecule has 0 aliphatic rings. The molecule has 1 N–H and O–H groups in total. The van der Waals surface area contributed by atoms with E-state index >= 15 is 0 Å². The third-order valence-corrected chi connectivity index (χ3v) is 5.44. The van der Waals surface area contributed by atoms with Crippen LogP contribution in [0.4, 0.5) is 18.9 Å². The maximum Gasteiger partial charge on any atom is 0.449 e. The molecule has 170 valence electrons. The monoisotopic (exact) mass is 493 g/mol. The first-order valence-electron chi connectivity index (χ1n) is 9.75. The molecule has 0 spiro atoms. The van der Waals surface area contributed by atoms with Crippen molar-refractivity contribution in [3.63, 3.8) is 0 Å². The normalized spacial score (nSPS) is 11.5. The second kappa shape index (κ2) is 9.33. The highest BCUT2D eigenvalue weighted by Gasteiger charge is 2.38. The van der Waals surface area contributed by atoms with Gasteiger partial charge in [-0.2, -0.15) is 13.2 Å². The predicted molar refractivity (Wildman–Crippen MR) is 121 cm³/mol. The zero-order valence-corrected chi connectivity index (χ0v) is 18.4. The van der Waals surface area contributed by atoms with Crippen LogP contribution < -0.4 is 10.1 Å². The van der Waals surface area contributed by atoms with Crippen LogP contribution >= 0.6 is 23.2 Å². The van der Waals surface area contributed by atoms with E-state index in [9.17, 15) is 18.0 Å². The molecule has 0 aliphatic heterocycles. The molecule has 0 unspecified atom stereocenters. The van der Waals surface area contributed by atoms with Crippen molar-refractivity contribution in [1.29, 1.82) is 0 Å². The number of carbonyl (C=O) groups excluding carboxylic acids is 1. The zero-order valence-electron chi connectivity index (χ0n) is 16.9. The highest BCUT2D eigenvalue weighted by molar-refractivity contribution is 6.40. The number of benzene rings is 3. The molecule has 4 rings (SSSR count). The van der Waals surface area contributed by atoms with Gasteiger partial charge in [0, 0.05) is 0 Å². The largest absolute Gasteiger partial charge is 0.492 e. The first-order chi connectivity index (χ1) is 15.8. The van der Waals surface area contributed by atoms with E-state index in [2.05, 4.69) is 10.3 Å². The summed E-state index contributed by atoms with van der Waals surface area (Å²) in [7, 11) is 0. The summed E-state index contributed by atoms with van der Waals surface area (Å²) < 4.78 is 47.8. The summed E-state index contributed by atoms with van der Waals surface area (Å²) >= 11 is 12.2. The van der Waals surface area contributed by atoms with E-state index in [0.717, 1.165) is 4.57 Å². The van der Waals surface area contributed by atoms with Crippen LogP contribution in [0.3, 0.4) is 0 Å². The van der Waals surface area contributed by atoms with Crippen LogP contribution in [0.2, 0.25) is 10.0 Å². The number of fused-ring (bicyclic) bond motifs is 1.